The van der Waals surface area contributed by atoms with E-state index >= 15 is 0 Å². The number of carbonyl (C=O) groups excluding carboxylic acids is 3. The van der Waals surface area contributed by atoms with Gasteiger partial charge in [0.05, 0.1) is 40.5 Å². The normalized spacial score (nSPS) is 35.5. The second-order valence-corrected chi connectivity index (χ2v) is 11.1. The van der Waals surface area contributed by atoms with Gasteiger partial charge in [0.1, 0.15) is 6.04 Å². The minimum atomic E-state index is -0.966. The molecule has 1 unspecified atom stereocenters. The van der Waals surface area contributed by atoms with E-state index in [1.54, 1.807) is 29.2 Å². The van der Waals surface area contributed by atoms with E-state index in [1.165, 1.54) is 16.7 Å². The van der Waals surface area contributed by atoms with Crippen LogP contribution in [0.1, 0.15) is 13.3 Å². The van der Waals surface area contributed by atoms with Gasteiger partial charge in [-0.3, -0.25) is 14.4 Å². The number of likely N-dealkylation sites (tertiary alicyclic amines) is 1. The van der Waals surface area contributed by atoms with E-state index in [0.29, 0.717) is 17.1 Å². The zero-order chi connectivity index (χ0) is 23.4. The molecule has 2 amide bonds. The molecule has 1 N–H and O–H groups in total. The summed E-state index contributed by atoms with van der Waals surface area (Å²) in [6.07, 6.45) is 8.39. The number of cyclic esters (lactones) is 1. The summed E-state index contributed by atoms with van der Waals surface area (Å²) in [5, 5.41) is 10.2. The van der Waals surface area contributed by atoms with Crippen LogP contribution >= 0.6 is 23.4 Å². The Morgan fingerprint density at radius 2 is 1.94 bits per heavy atom. The summed E-state index contributed by atoms with van der Waals surface area (Å²) >= 11 is 7.90. The highest BCUT2D eigenvalue weighted by Gasteiger charge is 2.73. The molecular weight excluding hydrogens is 464 g/mol. The fraction of sp³-hybridized carbons (Fsp3) is 0.458. The molecule has 0 radical (unpaired) electrons. The average Bonchev–Trinajstić information content (AvgIpc) is 3.08. The highest BCUT2D eigenvalue weighted by atomic mass is 35.5. The van der Waals surface area contributed by atoms with Crippen molar-refractivity contribution >= 4 is 46.8 Å². The predicted octanol–water partition coefficient (Wildman–Crippen LogP) is 2.43. The highest BCUT2D eigenvalue weighted by molar-refractivity contribution is 8.02. The molecule has 0 bridgehead atoms. The van der Waals surface area contributed by atoms with Crippen molar-refractivity contribution in [2.24, 2.45) is 11.8 Å². The SMILES string of the molecule is C[C@@]12C=CCCOC(=O)[C@@H]1[C@H]1C(=O)N(CCO)C3C(=O)N(c4ccccc4Cl)CC=C[C@@]31S2. The molecule has 1 aromatic carbocycles. The highest BCUT2D eigenvalue weighted by Crippen LogP contribution is 2.65. The van der Waals surface area contributed by atoms with E-state index in [2.05, 4.69) is 0 Å². The maximum Gasteiger partial charge on any atom is 0.311 e. The van der Waals surface area contributed by atoms with Gasteiger partial charge in [0.15, 0.2) is 0 Å². The number of esters is 1. The number of thioether (sulfide) groups is 1. The predicted molar refractivity (Wildman–Crippen MR) is 126 cm³/mol. The van der Waals surface area contributed by atoms with Crippen molar-refractivity contribution < 1.29 is 24.2 Å². The number of anilines is 1. The van der Waals surface area contributed by atoms with Gasteiger partial charge in [0.25, 0.3) is 5.91 Å². The second-order valence-electron chi connectivity index (χ2n) is 8.91. The van der Waals surface area contributed by atoms with Crippen LogP contribution in [0.25, 0.3) is 0 Å². The Bertz CT molecular complexity index is 1080. The van der Waals surface area contributed by atoms with Gasteiger partial charge < -0.3 is 19.6 Å². The number of rotatable bonds is 3. The second kappa shape index (κ2) is 8.18. The lowest BCUT2D eigenvalue weighted by atomic mass is 9.74. The molecule has 5 atom stereocenters. The van der Waals surface area contributed by atoms with E-state index in [1.807, 2.05) is 31.2 Å². The van der Waals surface area contributed by atoms with Crippen molar-refractivity contribution in [3.05, 3.63) is 53.6 Å². The molecule has 0 saturated carbocycles. The van der Waals surface area contributed by atoms with Gasteiger partial charge in [-0.2, -0.15) is 0 Å². The smallest absolute Gasteiger partial charge is 0.311 e. The Hall–Kier alpha value is -2.29. The van der Waals surface area contributed by atoms with Crippen LogP contribution in [0, 0.1) is 11.8 Å². The van der Waals surface area contributed by atoms with Crippen molar-refractivity contribution in [3.8, 4) is 0 Å². The summed E-state index contributed by atoms with van der Waals surface area (Å²) in [7, 11) is 0. The number of halogens is 1. The van der Waals surface area contributed by atoms with E-state index in [0.717, 1.165) is 0 Å². The molecule has 1 aromatic rings. The Labute approximate surface area is 201 Å². The number of carbonyl (C=O) groups is 3. The van der Waals surface area contributed by atoms with Crippen LogP contribution in [0.2, 0.25) is 5.02 Å². The number of benzene rings is 1. The summed E-state index contributed by atoms with van der Waals surface area (Å²) in [4.78, 5) is 44.0. The third kappa shape index (κ3) is 3.26. The fourth-order valence-corrected chi connectivity index (χ4v) is 8.11. The number of nitrogens with zero attached hydrogens (tertiary/aromatic N) is 2. The number of hydrogen-bond acceptors (Lipinski definition) is 6. The molecule has 4 heterocycles. The average molecular weight is 489 g/mol. The fourth-order valence-electron chi connectivity index (χ4n) is 5.72. The number of aliphatic hydroxyl groups excluding tert-OH is 1. The first-order valence-electron chi connectivity index (χ1n) is 11.0. The minimum absolute atomic E-state index is 0.00652. The largest absolute Gasteiger partial charge is 0.465 e. The Balaban J connectivity index is 1.66. The van der Waals surface area contributed by atoms with Crippen molar-refractivity contribution in [2.75, 3.05) is 31.2 Å². The number of fused-ring (bicyclic) bond motifs is 2. The van der Waals surface area contributed by atoms with E-state index in [-0.39, 0.29) is 38.1 Å². The van der Waals surface area contributed by atoms with E-state index < -0.39 is 33.3 Å². The molecule has 174 valence electrons. The topological polar surface area (TPSA) is 87.1 Å². The number of β-amino-alcohol motifs (C(OH)–C–C–N with tert-alkyl or cyclic N) is 1. The van der Waals surface area contributed by atoms with Crippen LogP contribution in [0.3, 0.4) is 0 Å². The monoisotopic (exact) mass is 488 g/mol. The maximum absolute atomic E-state index is 14.1. The van der Waals surface area contributed by atoms with Crippen LogP contribution in [0.15, 0.2) is 48.6 Å². The van der Waals surface area contributed by atoms with Gasteiger partial charge in [-0.25, -0.2) is 0 Å². The van der Waals surface area contributed by atoms with Crippen LogP contribution in [0.5, 0.6) is 0 Å². The summed E-state index contributed by atoms with van der Waals surface area (Å²) in [6.45, 7) is 2.21. The van der Waals surface area contributed by atoms with Crippen LogP contribution in [-0.2, 0) is 19.1 Å². The number of aliphatic hydroxyl groups is 1. The molecule has 4 aliphatic heterocycles. The Morgan fingerprint density at radius 1 is 1.15 bits per heavy atom. The van der Waals surface area contributed by atoms with Crippen molar-refractivity contribution in [2.45, 2.75) is 28.9 Å². The molecule has 9 heteroatoms. The van der Waals surface area contributed by atoms with Gasteiger partial charge in [0, 0.05) is 17.8 Å². The van der Waals surface area contributed by atoms with Gasteiger partial charge in [0.2, 0.25) is 5.91 Å². The first-order valence-corrected chi connectivity index (χ1v) is 12.2. The molecule has 33 heavy (non-hydrogen) atoms. The van der Waals surface area contributed by atoms with Gasteiger partial charge in [-0.15, -0.1) is 11.8 Å². The first kappa shape index (κ1) is 22.5. The van der Waals surface area contributed by atoms with Gasteiger partial charge in [-0.1, -0.05) is 48.0 Å². The summed E-state index contributed by atoms with van der Waals surface area (Å²) in [5.74, 6) is -2.50. The lowest BCUT2D eigenvalue weighted by Gasteiger charge is -2.37. The quantitative estimate of drug-likeness (QED) is 0.519. The Kier molecular flexibility index (Phi) is 5.58. The van der Waals surface area contributed by atoms with Crippen molar-refractivity contribution in [1.82, 2.24) is 4.90 Å². The molecule has 0 aromatic heterocycles. The maximum atomic E-state index is 14.1. The standard InChI is InChI=1S/C24H25ClN2O5S/c1-23-9-4-5-14-32-22(31)18(23)17-20(29)27(12-13-28)19-21(30)26(11-6-10-24(17,19)33-23)16-8-3-2-7-15(16)25/h2-4,6-10,17-19,28H,5,11-14H2,1H3/t17-,18-,19?,23+,24-/m0/s1. The van der Waals surface area contributed by atoms with E-state index in [4.69, 9.17) is 16.3 Å². The molecule has 4 aliphatic rings. The van der Waals surface area contributed by atoms with Crippen molar-refractivity contribution in [1.29, 1.82) is 0 Å². The number of amides is 2. The minimum Gasteiger partial charge on any atom is -0.465 e. The van der Waals surface area contributed by atoms with Crippen LogP contribution in [0.4, 0.5) is 5.69 Å². The molecule has 2 fully saturated rings. The Morgan fingerprint density at radius 3 is 2.70 bits per heavy atom. The lowest BCUT2D eigenvalue weighted by molar-refractivity contribution is -0.154. The van der Waals surface area contributed by atoms with Gasteiger partial charge in [-0.05, 0) is 25.5 Å². The van der Waals surface area contributed by atoms with Gasteiger partial charge >= 0.3 is 5.97 Å². The molecule has 1 spiro atoms. The van der Waals surface area contributed by atoms with Crippen LogP contribution < -0.4 is 4.90 Å². The third-order valence-electron chi connectivity index (χ3n) is 7.00. The molecule has 2 saturated heterocycles. The number of hydrogen-bond donors (Lipinski definition) is 1. The zero-order valence-electron chi connectivity index (χ0n) is 18.1. The summed E-state index contributed by atoms with van der Waals surface area (Å²) < 4.78 is 3.83. The number of ether oxygens (including phenoxy) is 1. The lowest BCUT2D eigenvalue weighted by Crippen LogP contribution is -2.54. The molecule has 0 aliphatic carbocycles. The zero-order valence-corrected chi connectivity index (χ0v) is 19.7. The first-order chi connectivity index (χ1) is 15.8. The number of para-hydroxylation sites is 1. The summed E-state index contributed by atoms with van der Waals surface area (Å²) in [5.41, 5.74) is 0.560. The summed E-state index contributed by atoms with van der Waals surface area (Å²) in [6, 6.07) is 6.21. The van der Waals surface area contributed by atoms with Crippen molar-refractivity contribution in [3.63, 3.8) is 0 Å². The molecular formula is C24H25ClN2O5S. The molecule has 7 nitrogen and oxygen atoms in total. The molecule has 5 rings (SSSR count). The van der Waals surface area contributed by atoms with E-state index in [9.17, 15) is 19.5 Å². The third-order valence-corrected chi connectivity index (χ3v) is 9.12. The van der Waals surface area contributed by atoms with Crippen LogP contribution in [-0.4, -0.2) is 69.6 Å².